The van der Waals surface area contributed by atoms with Gasteiger partial charge in [0.05, 0.1) is 0 Å². The van der Waals surface area contributed by atoms with Crippen LogP contribution in [0.4, 0.5) is 5.69 Å². The van der Waals surface area contributed by atoms with Crippen LogP contribution in [0.5, 0.6) is 0 Å². The monoisotopic (exact) mass is 275 g/mol. The molecule has 1 saturated carbocycles. The first kappa shape index (κ1) is 14.9. The summed E-state index contributed by atoms with van der Waals surface area (Å²) in [5, 5.41) is 3.11. The zero-order valence-corrected chi connectivity index (χ0v) is 12.7. The van der Waals surface area contributed by atoms with E-state index in [4.69, 9.17) is 4.74 Å². The van der Waals surface area contributed by atoms with E-state index >= 15 is 0 Å². The van der Waals surface area contributed by atoms with Gasteiger partial charge in [-0.05, 0) is 50.2 Å². The molecular weight excluding hydrogens is 250 g/mol. The Bertz CT molecular complexity index is 431. The van der Waals surface area contributed by atoms with Crippen LogP contribution in [0.25, 0.3) is 0 Å². The van der Waals surface area contributed by atoms with Crippen LogP contribution >= 0.6 is 0 Å². The van der Waals surface area contributed by atoms with Gasteiger partial charge in [0.2, 0.25) is 0 Å². The summed E-state index contributed by atoms with van der Waals surface area (Å²) in [7, 11) is 0. The van der Waals surface area contributed by atoms with Gasteiger partial charge in [0.15, 0.2) is 0 Å². The highest BCUT2D eigenvalue weighted by Crippen LogP contribution is 2.30. The summed E-state index contributed by atoms with van der Waals surface area (Å²) in [6.07, 6.45) is 3.35. The lowest BCUT2D eigenvalue weighted by molar-refractivity contribution is -0.149. The van der Waals surface area contributed by atoms with Crippen molar-refractivity contribution in [3.63, 3.8) is 0 Å². The Labute approximate surface area is 121 Å². The van der Waals surface area contributed by atoms with Crippen LogP contribution in [-0.2, 0) is 9.53 Å². The molecule has 2 unspecified atom stereocenters. The predicted molar refractivity (Wildman–Crippen MR) is 81.7 cm³/mol. The molecule has 0 spiro atoms. The maximum atomic E-state index is 11.9. The zero-order chi connectivity index (χ0) is 14.5. The van der Waals surface area contributed by atoms with Gasteiger partial charge >= 0.3 is 5.97 Å². The van der Waals surface area contributed by atoms with E-state index in [-0.39, 0.29) is 18.6 Å². The van der Waals surface area contributed by atoms with Crippen molar-refractivity contribution in [3.8, 4) is 0 Å². The second-order valence-corrected chi connectivity index (χ2v) is 6.25. The summed E-state index contributed by atoms with van der Waals surface area (Å²) >= 11 is 0. The molecule has 2 atom stereocenters. The van der Waals surface area contributed by atoms with Crippen LogP contribution in [0.15, 0.2) is 24.3 Å². The minimum absolute atomic E-state index is 0.0982. The van der Waals surface area contributed by atoms with E-state index in [0.29, 0.717) is 11.8 Å². The van der Waals surface area contributed by atoms with Crippen LogP contribution in [0.3, 0.4) is 0 Å². The van der Waals surface area contributed by atoms with E-state index in [1.54, 1.807) is 0 Å². The number of carbonyl (C=O) groups excluding carboxylic acids is 1. The van der Waals surface area contributed by atoms with E-state index in [2.05, 4.69) is 19.2 Å². The molecule has 0 aromatic heterocycles. The third kappa shape index (κ3) is 4.55. The van der Waals surface area contributed by atoms with Crippen molar-refractivity contribution in [3.05, 3.63) is 29.8 Å². The molecule has 0 saturated heterocycles. The molecule has 20 heavy (non-hydrogen) atoms. The van der Waals surface area contributed by atoms with E-state index in [0.717, 1.165) is 18.5 Å². The molecule has 0 heterocycles. The molecule has 1 aromatic rings. The fourth-order valence-electron chi connectivity index (χ4n) is 3.04. The Morgan fingerprint density at radius 3 is 2.35 bits per heavy atom. The summed E-state index contributed by atoms with van der Waals surface area (Å²) in [5.74, 6) is 1.15. The molecule has 1 aromatic carbocycles. The first-order valence-corrected chi connectivity index (χ1v) is 7.53. The van der Waals surface area contributed by atoms with Crippen molar-refractivity contribution in [1.29, 1.82) is 0 Å². The second kappa shape index (κ2) is 6.78. The van der Waals surface area contributed by atoms with Crippen molar-refractivity contribution in [1.82, 2.24) is 0 Å². The topological polar surface area (TPSA) is 38.3 Å². The number of esters is 1. The molecule has 0 aliphatic heterocycles. The lowest BCUT2D eigenvalue weighted by Gasteiger charge is -2.31. The Hall–Kier alpha value is -1.51. The second-order valence-electron chi connectivity index (χ2n) is 6.25. The van der Waals surface area contributed by atoms with Gasteiger partial charge in [-0.1, -0.05) is 31.5 Å². The molecule has 1 fully saturated rings. The summed E-state index contributed by atoms with van der Waals surface area (Å²) in [4.78, 5) is 11.9. The van der Waals surface area contributed by atoms with Crippen molar-refractivity contribution >= 4 is 11.7 Å². The highest BCUT2D eigenvalue weighted by Gasteiger charge is 2.26. The highest BCUT2D eigenvalue weighted by atomic mass is 16.5. The fraction of sp³-hybridized carbons (Fsp3) is 0.588. The van der Waals surface area contributed by atoms with Gasteiger partial charge in [0, 0.05) is 5.69 Å². The third-order valence-corrected chi connectivity index (χ3v) is 3.92. The molecule has 110 valence electrons. The molecule has 1 aliphatic rings. The maximum absolute atomic E-state index is 11.9. The first-order valence-electron chi connectivity index (χ1n) is 7.53. The predicted octanol–water partition coefficient (Wildman–Crippen LogP) is 3.77. The molecular formula is C17H25NO2. The van der Waals surface area contributed by atoms with Crippen LogP contribution < -0.4 is 5.32 Å². The van der Waals surface area contributed by atoms with Crippen LogP contribution in [-0.4, -0.2) is 18.6 Å². The summed E-state index contributed by atoms with van der Waals surface area (Å²) in [6, 6.07) is 8.01. The summed E-state index contributed by atoms with van der Waals surface area (Å²) < 4.78 is 5.58. The lowest BCUT2D eigenvalue weighted by atomic mass is 9.82. The number of hydrogen-bond donors (Lipinski definition) is 1. The molecule has 1 aliphatic carbocycles. The Balaban J connectivity index is 1.76. The Kier molecular flexibility index (Phi) is 5.05. The van der Waals surface area contributed by atoms with Crippen molar-refractivity contribution in [2.24, 2.45) is 11.8 Å². The first-order chi connectivity index (χ1) is 9.52. The molecule has 0 radical (unpaired) electrons. The number of aryl methyl sites for hydroxylation is 1. The molecule has 2 rings (SSSR count). The van der Waals surface area contributed by atoms with Crippen LogP contribution in [0.2, 0.25) is 0 Å². The molecule has 0 bridgehead atoms. The molecule has 1 N–H and O–H groups in total. The fourth-order valence-corrected chi connectivity index (χ4v) is 3.04. The summed E-state index contributed by atoms with van der Waals surface area (Å²) in [6.45, 7) is 6.76. The number of hydrogen-bond acceptors (Lipinski definition) is 3. The number of rotatable bonds is 4. The average Bonchev–Trinajstić information content (AvgIpc) is 2.37. The minimum atomic E-state index is -0.156. The van der Waals surface area contributed by atoms with E-state index < -0.39 is 0 Å². The van der Waals surface area contributed by atoms with Crippen LogP contribution in [0, 0.1) is 18.8 Å². The number of anilines is 1. The Morgan fingerprint density at radius 2 is 1.75 bits per heavy atom. The quantitative estimate of drug-likeness (QED) is 0.850. The van der Waals surface area contributed by atoms with E-state index in [1.807, 2.05) is 31.2 Å². The number of carbonyl (C=O) groups is 1. The lowest BCUT2D eigenvalue weighted by Crippen LogP contribution is -2.30. The van der Waals surface area contributed by atoms with Crippen molar-refractivity contribution < 1.29 is 9.53 Å². The van der Waals surface area contributed by atoms with Crippen LogP contribution in [0.1, 0.15) is 38.7 Å². The SMILES string of the molecule is Cc1ccc(NCC(=O)OC2CC(C)CC(C)C2)cc1. The number of nitrogens with one attached hydrogen (secondary N) is 1. The van der Waals surface area contributed by atoms with Crippen molar-refractivity contribution in [2.45, 2.75) is 46.1 Å². The van der Waals surface area contributed by atoms with Gasteiger partial charge in [-0.2, -0.15) is 0 Å². The van der Waals surface area contributed by atoms with Gasteiger partial charge in [0.25, 0.3) is 0 Å². The molecule has 3 nitrogen and oxygen atoms in total. The third-order valence-electron chi connectivity index (χ3n) is 3.92. The standard InChI is InChI=1S/C17H25NO2/c1-12-4-6-15(7-5-12)18-11-17(19)20-16-9-13(2)8-14(3)10-16/h4-7,13-14,16,18H,8-11H2,1-3H3. The van der Waals surface area contributed by atoms with E-state index in [9.17, 15) is 4.79 Å². The summed E-state index contributed by atoms with van der Waals surface area (Å²) in [5.41, 5.74) is 2.17. The molecule has 0 amide bonds. The smallest absolute Gasteiger partial charge is 0.325 e. The van der Waals surface area contributed by atoms with Gasteiger partial charge in [-0.25, -0.2) is 0 Å². The Morgan fingerprint density at radius 1 is 1.15 bits per heavy atom. The number of ether oxygens (including phenoxy) is 1. The van der Waals surface area contributed by atoms with Crippen molar-refractivity contribution in [2.75, 3.05) is 11.9 Å². The van der Waals surface area contributed by atoms with E-state index in [1.165, 1.54) is 12.0 Å². The molecule has 3 heteroatoms. The normalized spacial score (nSPS) is 26.1. The highest BCUT2D eigenvalue weighted by molar-refractivity contribution is 5.75. The zero-order valence-electron chi connectivity index (χ0n) is 12.7. The van der Waals surface area contributed by atoms with Gasteiger partial charge in [-0.3, -0.25) is 4.79 Å². The maximum Gasteiger partial charge on any atom is 0.325 e. The largest absolute Gasteiger partial charge is 0.461 e. The van der Waals surface area contributed by atoms with Gasteiger partial charge < -0.3 is 10.1 Å². The average molecular weight is 275 g/mol. The number of benzene rings is 1. The minimum Gasteiger partial charge on any atom is -0.461 e. The van der Waals surface area contributed by atoms with Gasteiger partial charge in [-0.15, -0.1) is 0 Å². The van der Waals surface area contributed by atoms with Gasteiger partial charge in [0.1, 0.15) is 12.6 Å².